The Morgan fingerprint density at radius 1 is 1.44 bits per heavy atom. The van der Waals surface area contributed by atoms with Crippen molar-refractivity contribution in [2.75, 3.05) is 23.3 Å². The van der Waals surface area contributed by atoms with Gasteiger partial charge in [-0.05, 0) is 18.8 Å². The van der Waals surface area contributed by atoms with Crippen LogP contribution < -0.4 is 0 Å². The molecular formula is C11H15Cl2NO2S2. The summed E-state index contributed by atoms with van der Waals surface area (Å²) in [7, 11) is -2.91. The number of rotatable bonds is 5. The highest BCUT2D eigenvalue weighted by Crippen LogP contribution is 2.41. The van der Waals surface area contributed by atoms with Gasteiger partial charge >= 0.3 is 0 Å². The summed E-state index contributed by atoms with van der Waals surface area (Å²) in [5.74, 6) is 1.24. The maximum absolute atomic E-state index is 11.6. The molecule has 102 valence electrons. The molecule has 0 amide bonds. The molecule has 3 nitrogen and oxygen atoms in total. The number of halogens is 2. The molecule has 0 bridgehead atoms. The van der Waals surface area contributed by atoms with Gasteiger partial charge in [-0.25, -0.2) is 13.4 Å². The highest BCUT2D eigenvalue weighted by Gasteiger charge is 2.44. The van der Waals surface area contributed by atoms with Crippen LogP contribution in [0.3, 0.4) is 0 Å². The van der Waals surface area contributed by atoms with Gasteiger partial charge in [-0.15, -0.1) is 34.5 Å². The van der Waals surface area contributed by atoms with Gasteiger partial charge in [-0.2, -0.15) is 0 Å². The van der Waals surface area contributed by atoms with Crippen LogP contribution in [-0.4, -0.2) is 36.7 Å². The average molecular weight is 328 g/mol. The Balaban J connectivity index is 2.21. The lowest BCUT2D eigenvalue weighted by Gasteiger charge is -2.34. The summed E-state index contributed by atoms with van der Waals surface area (Å²) in [6.45, 7) is 0. The normalized spacial score (nSPS) is 23.3. The zero-order valence-electron chi connectivity index (χ0n) is 9.81. The molecule has 1 fully saturated rings. The second-order valence-corrected chi connectivity index (χ2v) is 8.37. The molecule has 0 spiro atoms. The third-order valence-corrected chi connectivity index (χ3v) is 7.12. The molecule has 2 rings (SSSR count). The Kier molecular flexibility index (Phi) is 4.57. The topological polar surface area (TPSA) is 47.0 Å². The number of sulfone groups is 1. The van der Waals surface area contributed by atoms with Crippen molar-refractivity contribution in [2.45, 2.75) is 12.8 Å². The maximum Gasteiger partial charge on any atom is 0.150 e. The molecule has 1 aromatic heterocycles. The van der Waals surface area contributed by atoms with E-state index in [0.717, 1.165) is 5.69 Å². The van der Waals surface area contributed by atoms with Gasteiger partial charge in [0, 0.05) is 22.6 Å². The molecule has 1 saturated heterocycles. The average Bonchev–Trinajstić information content (AvgIpc) is 2.95. The summed E-state index contributed by atoms with van der Waals surface area (Å²) in [6, 6.07) is 0. The largest absolute Gasteiger partial charge is 0.250 e. The first-order valence-electron chi connectivity index (χ1n) is 5.71. The SMILES string of the molecule is O=S1(=O)CCC(C(CCl)(CCl)Cc2cscn2)C1. The molecule has 0 aliphatic carbocycles. The fourth-order valence-corrected chi connectivity index (χ4v) is 5.87. The highest BCUT2D eigenvalue weighted by molar-refractivity contribution is 7.91. The lowest BCUT2D eigenvalue weighted by Crippen LogP contribution is -2.37. The second-order valence-electron chi connectivity index (χ2n) is 4.89. The van der Waals surface area contributed by atoms with Gasteiger partial charge in [0.2, 0.25) is 0 Å². The van der Waals surface area contributed by atoms with Crippen molar-refractivity contribution in [2.24, 2.45) is 11.3 Å². The number of nitrogens with zero attached hydrogens (tertiary/aromatic N) is 1. The van der Waals surface area contributed by atoms with Crippen LogP contribution in [0.1, 0.15) is 12.1 Å². The van der Waals surface area contributed by atoms with E-state index in [2.05, 4.69) is 4.98 Å². The van der Waals surface area contributed by atoms with Crippen LogP contribution in [0.4, 0.5) is 0 Å². The minimum absolute atomic E-state index is 0.0409. The van der Waals surface area contributed by atoms with Crippen LogP contribution in [0.5, 0.6) is 0 Å². The van der Waals surface area contributed by atoms with Gasteiger partial charge in [-0.3, -0.25) is 0 Å². The number of hydrogen-bond donors (Lipinski definition) is 0. The quantitative estimate of drug-likeness (QED) is 0.781. The number of thiazole rings is 1. The summed E-state index contributed by atoms with van der Waals surface area (Å²) in [5, 5.41) is 1.97. The zero-order chi connectivity index (χ0) is 13.2. The fraction of sp³-hybridized carbons (Fsp3) is 0.727. The molecule has 1 aromatic rings. The van der Waals surface area contributed by atoms with Crippen molar-refractivity contribution in [3.63, 3.8) is 0 Å². The summed E-state index contributed by atoms with van der Waals surface area (Å²) < 4.78 is 23.2. The molecule has 2 heterocycles. The van der Waals surface area contributed by atoms with Crippen LogP contribution in [0, 0.1) is 11.3 Å². The summed E-state index contributed by atoms with van der Waals surface area (Å²) in [4.78, 5) is 4.26. The van der Waals surface area contributed by atoms with Crippen LogP contribution in [0.2, 0.25) is 0 Å². The predicted molar refractivity (Wildman–Crippen MR) is 76.5 cm³/mol. The van der Waals surface area contributed by atoms with Gasteiger partial charge < -0.3 is 0 Å². The monoisotopic (exact) mass is 327 g/mol. The predicted octanol–water partition coefficient (Wildman–Crippen LogP) is 2.58. The van der Waals surface area contributed by atoms with E-state index in [1.165, 1.54) is 11.3 Å². The summed E-state index contributed by atoms with van der Waals surface area (Å²) >= 11 is 13.7. The van der Waals surface area contributed by atoms with Gasteiger partial charge in [0.15, 0.2) is 9.84 Å². The highest BCUT2D eigenvalue weighted by atomic mass is 35.5. The Morgan fingerprint density at radius 2 is 2.17 bits per heavy atom. The molecule has 1 atom stereocenters. The van der Waals surface area contributed by atoms with Crippen LogP contribution in [0.25, 0.3) is 0 Å². The molecule has 0 aromatic carbocycles. The third-order valence-electron chi connectivity index (χ3n) is 3.65. The van der Waals surface area contributed by atoms with Gasteiger partial charge in [0.25, 0.3) is 0 Å². The van der Waals surface area contributed by atoms with E-state index in [9.17, 15) is 8.42 Å². The Morgan fingerprint density at radius 3 is 2.61 bits per heavy atom. The number of hydrogen-bond acceptors (Lipinski definition) is 4. The van der Waals surface area contributed by atoms with Crippen molar-refractivity contribution in [3.05, 3.63) is 16.6 Å². The minimum atomic E-state index is -2.91. The molecule has 7 heteroatoms. The van der Waals surface area contributed by atoms with Crippen molar-refractivity contribution >= 4 is 44.4 Å². The second kappa shape index (κ2) is 5.65. The van der Waals surface area contributed by atoms with E-state index in [0.29, 0.717) is 24.6 Å². The van der Waals surface area contributed by atoms with E-state index < -0.39 is 9.84 Å². The van der Waals surface area contributed by atoms with Gasteiger partial charge in [0.1, 0.15) is 0 Å². The van der Waals surface area contributed by atoms with Gasteiger partial charge in [-0.1, -0.05) is 0 Å². The Hall–Kier alpha value is 0.160. The molecule has 0 N–H and O–H groups in total. The lowest BCUT2D eigenvalue weighted by atomic mass is 9.75. The van der Waals surface area contributed by atoms with Crippen LogP contribution >= 0.6 is 34.5 Å². The zero-order valence-corrected chi connectivity index (χ0v) is 13.0. The molecule has 1 unspecified atom stereocenters. The standard InChI is InChI=1S/C11H15Cl2NO2S2/c12-6-11(7-13,3-10-4-17-8-14-10)9-1-2-18(15,16)5-9/h4,8-9H,1-3,5-7H2. The smallest absolute Gasteiger partial charge is 0.150 e. The van der Waals surface area contributed by atoms with E-state index >= 15 is 0 Å². The molecule has 0 radical (unpaired) electrons. The molecule has 0 saturated carbocycles. The maximum atomic E-state index is 11.6. The Bertz CT molecular complexity index is 483. The van der Waals surface area contributed by atoms with Crippen molar-refractivity contribution in [3.8, 4) is 0 Å². The Labute approximate surface area is 121 Å². The first-order chi connectivity index (χ1) is 8.51. The molecule has 1 aliphatic rings. The van der Waals surface area contributed by atoms with Crippen molar-refractivity contribution in [1.29, 1.82) is 0 Å². The van der Waals surface area contributed by atoms with Crippen LogP contribution in [-0.2, 0) is 16.3 Å². The fourth-order valence-electron chi connectivity index (χ4n) is 2.46. The van der Waals surface area contributed by atoms with E-state index in [-0.39, 0.29) is 22.8 Å². The lowest BCUT2D eigenvalue weighted by molar-refractivity contribution is 0.243. The third kappa shape index (κ3) is 3.00. The number of aromatic nitrogens is 1. The van der Waals surface area contributed by atoms with Crippen molar-refractivity contribution in [1.82, 2.24) is 4.98 Å². The van der Waals surface area contributed by atoms with E-state index in [1.54, 1.807) is 5.51 Å². The summed E-state index contributed by atoms with van der Waals surface area (Å²) in [6.07, 6.45) is 1.32. The van der Waals surface area contributed by atoms with Crippen molar-refractivity contribution < 1.29 is 8.42 Å². The first kappa shape index (κ1) is 14.6. The number of alkyl halides is 2. The van der Waals surface area contributed by atoms with E-state index in [4.69, 9.17) is 23.2 Å². The van der Waals surface area contributed by atoms with Crippen LogP contribution in [0.15, 0.2) is 10.9 Å². The molecular weight excluding hydrogens is 313 g/mol. The first-order valence-corrected chi connectivity index (χ1v) is 9.54. The minimum Gasteiger partial charge on any atom is -0.250 e. The van der Waals surface area contributed by atoms with E-state index in [1.807, 2.05) is 5.38 Å². The molecule has 1 aliphatic heterocycles. The van der Waals surface area contributed by atoms with Gasteiger partial charge in [0.05, 0.1) is 22.7 Å². The molecule has 18 heavy (non-hydrogen) atoms. The summed E-state index contributed by atoms with van der Waals surface area (Å²) in [5.41, 5.74) is 2.36.